The molecule has 2 aromatic rings. The van der Waals surface area contributed by atoms with Crippen molar-refractivity contribution in [2.24, 2.45) is 0 Å². The van der Waals surface area contributed by atoms with E-state index in [0.717, 1.165) is 11.1 Å². The van der Waals surface area contributed by atoms with Crippen molar-refractivity contribution in [3.8, 4) is 11.3 Å². The Kier molecular flexibility index (Phi) is 4.58. The third kappa shape index (κ3) is 3.08. The van der Waals surface area contributed by atoms with Gasteiger partial charge in [-0.2, -0.15) is 0 Å². The first-order valence-electron chi connectivity index (χ1n) is 6.67. The summed E-state index contributed by atoms with van der Waals surface area (Å²) in [5.74, 6) is 0.809. The topological polar surface area (TPSA) is 51.5 Å². The standard InChI is InChI=1S/C16H19NO3/c1-4-17-16(18)15-9-8-14(20-15)13-7-5-6-12(10-13)11(2)19-3/h5-11H,4H2,1-3H3,(H,17,18). The van der Waals surface area contributed by atoms with Crippen molar-refractivity contribution in [3.05, 3.63) is 47.7 Å². The smallest absolute Gasteiger partial charge is 0.287 e. The van der Waals surface area contributed by atoms with Gasteiger partial charge in [-0.1, -0.05) is 18.2 Å². The summed E-state index contributed by atoms with van der Waals surface area (Å²) in [6.45, 7) is 4.44. The zero-order chi connectivity index (χ0) is 14.5. The van der Waals surface area contributed by atoms with Crippen molar-refractivity contribution in [1.82, 2.24) is 5.32 Å². The molecule has 106 valence electrons. The number of furan rings is 1. The molecule has 0 aliphatic rings. The molecule has 1 heterocycles. The number of benzene rings is 1. The summed E-state index contributed by atoms with van der Waals surface area (Å²) in [5, 5.41) is 2.71. The molecule has 0 radical (unpaired) electrons. The minimum Gasteiger partial charge on any atom is -0.451 e. The molecule has 0 saturated carbocycles. The summed E-state index contributed by atoms with van der Waals surface area (Å²) in [5.41, 5.74) is 2.00. The van der Waals surface area contributed by atoms with Crippen LogP contribution < -0.4 is 5.32 Å². The van der Waals surface area contributed by atoms with Crippen molar-refractivity contribution >= 4 is 5.91 Å². The van der Waals surface area contributed by atoms with Gasteiger partial charge < -0.3 is 14.5 Å². The van der Waals surface area contributed by atoms with Crippen molar-refractivity contribution < 1.29 is 13.9 Å². The summed E-state index contributed by atoms with van der Waals surface area (Å²) in [6, 6.07) is 11.4. The molecular weight excluding hydrogens is 254 g/mol. The van der Waals surface area contributed by atoms with Gasteiger partial charge in [-0.25, -0.2) is 0 Å². The molecule has 1 unspecified atom stereocenters. The van der Waals surface area contributed by atoms with Gasteiger partial charge in [0.15, 0.2) is 5.76 Å². The van der Waals surface area contributed by atoms with E-state index in [1.807, 2.05) is 38.1 Å². The summed E-state index contributed by atoms with van der Waals surface area (Å²) < 4.78 is 10.9. The van der Waals surface area contributed by atoms with E-state index < -0.39 is 0 Å². The molecule has 4 nitrogen and oxygen atoms in total. The Morgan fingerprint density at radius 2 is 2.15 bits per heavy atom. The first kappa shape index (κ1) is 14.3. The van der Waals surface area contributed by atoms with E-state index in [9.17, 15) is 4.79 Å². The average molecular weight is 273 g/mol. The number of nitrogens with one attached hydrogen (secondary N) is 1. The van der Waals surface area contributed by atoms with Crippen molar-refractivity contribution in [2.75, 3.05) is 13.7 Å². The van der Waals surface area contributed by atoms with E-state index >= 15 is 0 Å². The maximum absolute atomic E-state index is 11.7. The summed E-state index contributed by atoms with van der Waals surface area (Å²) in [4.78, 5) is 11.7. The van der Waals surface area contributed by atoms with E-state index in [1.165, 1.54) is 0 Å². The fourth-order valence-electron chi connectivity index (χ4n) is 1.94. The van der Waals surface area contributed by atoms with E-state index in [0.29, 0.717) is 18.1 Å². The molecule has 0 aliphatic heterocycles. The monoisotopic (exact) mass is 273 g/mol. The Bertz CT molecular complexity index is 589. The van der Waals surface area contributed by atoms with E-state index in [2.05, 4.69) is 5.32 Å². The number of hydrogen-bond donors (Lipinski definition) is 1. The van der Waals surface area contributed by atoms with E-state index in [1.54, 1.807) is 19.2 Å². The van der Waals surface area contributed by atoms with Crippen LogP contribution in [-0.4, -0.2) is 19.6 Å². The van der Waals surface area contributed by atoms with E-state index in [4.69, 9.17) is 9.15 Å². The van der Waals surface area contributed by atoms with Crippen molar-refractivity contribution in [3.63, 3.8) is 0 Å². The Morgan fingerprint density at radius 3 is 2.85 bits per heavy atom. The highest BCUT2D eigenvalue weighted by atomic mass is 16.5. The third-order valence-corrected chi connectivity index (χ3v) is 3.16. The van der Waals surface area contributed by atoms with Gasteiger partial charge in [-0.3, -0.25) is 4.79 Å². The number of ether oxygens (including phenoxy) is 1. The molecule has 0 saturated heterocycles. The van der Waals surface area contributed by atoms with Gasteiger partial charge in [0.05, 0.1) is 6.10 Å². The molecule has 1 N–H and O–H groups in total. The zero-order valence-electron chi connectivity index (χ0n) is 12.0. The summed E-state index contributed by atoms with van der Waals surface area (Å²) >= 11 is 0. The second kappa shape index (κ2) is 6.39. The SMILES string of the molecule is CCNC(=O)c1ccc(-c2cccc(C(C)OC)c2)o1. The third-order valence-electron chi connectivity index (χ3n) is 3.16. The molecule has 0 bridgehead atoms. The second-order valence-corrected chi connectivity index (χ2v) is 4.53. The Labute approximate surface area is 118 Å². The van der Waals surface area contributed by atoms with Crippen LogP contribution in [0.3, 0.4) is 0 Å². The fourth-order valence-corrected chi connectivity index (χ4v) is 1.94. The van der Waals surface area contributed by atoms with Gasteiger partial charge in [0.25, 0.3) is 5.91 Å². The number of carbonyl (C=O) groups excluding carboxylic acids is 1. The number of rotatable bonds is 5. The highest BCUT2D eigenvalue weighted by Crippen LogP contribution is 2.26. The molecule has 1 aromatic heterocycles. The van der Waals surface area contributed by atoms with Crippen LogP contribution in [0.2, 0.25) is 0 Å². The maximum Gasteiger partial charge on any atom is 0.287 e. The van der Waals surface area contributed by atoms with Crippen LogP contribution in [0.1, 0.15) is 36.1 Å². The van der Waals surface area contributed by atoms with Crippen LogP contribution in [0.5, 0.6) is 0 Å². The summed E-state index contributed by atoms with van der Waals surface area (Å²) in [7, 11) is 1.68. The lowest BCUT2D eigenvalue weighted by atomic mass is 10.1. The Hall–Kier alpha value is -2.07. The minimum absolute atomic E-state index is 0.0211. The number of methoxy groups -OCH3 is 1. The van der Waals surface area contributed by atoms with Crippen LogP contribution >= 0.6 is 0 Å². The van der Waals surface area contributed by atoms with Gasteiger partial charge in [0, 0.05) is 19.2 Å². The average Bonchev–Trinajstić information content (AvgIpc) is 2.97. The van der Waals surface area contributed by atoms with Crippen LogP contribution in [0.4, 0.5) is 0 Å². The highest BCUT2D eigenvalue weighted by Gasteiger charge is 2.12. The van der Waals surface area contributed by atoms with Gasteiger partial charge in [0.1, 0.15) is 5.76 Å². The lowest BCUT2D eigenvalue weighted by Crippen LogP contribution is -2.21. The summed E-state index contributed by atoms with van der Waals surface area (Å²) in [6.07, 6.45) is 0.0211. The lowest BCUT2D eigenvalue weighted by molar-refractivity contribution is 0.0929. The maximum atomic E-state index is 11.7. The molecule has 1 atom stereocenters. The molecule has 0 fully saturated rings. The van der Waals surface area contributed by atoms with Crippen molar-refractivity contribution in [2.45, 2.75) is 20.0 Å². The number of hydrogen-bond acceptors (Lipinski definition) is 3. The Balaban J connectivity index is 2.26. The molecule has 1 aromatic carbocycles. The fraction of sp³-hybridized carbons (Fsp3) is 0.312. The predicted molar refractivity (Wildman–Crippen MR) is 77.6 cm³/mol. The number of carbonyl (C=O) groups is 1. The van der Waals surface area contributed by atoms with Crippen LogP contribution in [0, 0.1) is 0 Å². The van der Waals surface area contributed by atoms with Gasteiger partial charge >= 0.3 is 0 Å². The normalized spacial score (nSPS) is 12.2. The van der Waals surface area contributed by atoms with Gasteiger partial charge in [0.2, 0.25) is 0 Å². The quantitative estimate of drug-likeness (QED) is 0.908. The van der Waals surface area contributed by atoms with Crippen LogP contribution in [0.15, 0.2) is 40.8 Å². The number of amides is 1. The Morgan fingerprint density at radius 1 is 1.35 bits per heavy atom. The zero-order valence-corrected chi connectivity index (χ0v) is 12.0. The van der Waals surface area contributed by atoms with Crippen molar-refractivity contribution in [1.29, 1.82) is 0 Å². The van der Waals surface area contributed by atoms with Crippen LogP contribution in [0.25, 0.3) is 11.3 Å². The largest absolute Gasteiger partial charge is 0.451 e. The van der Waals surface area contributed by atoms with E-state index in [-0.39, 0.29) is 12.0 Å². The molecular formula is C16H19NO3. The molecule has 4 heteroatoms. The first-order chi connectivity index (χ1) is 9.65. The molecule has 0 spiro atoms. The second-order valence-electron chi connectivity index (χ2n) is 4.53. The molecule has 0 aliphatic carbocycles. The lowest BCUT2D eigenvalue weighted by Gasteiger charge is -2.10. The van der Waals surface area contributed by atoms with Gasteiger partial charge in [-0.15, -0.1) is 0 Å². The molecule has 2 rings (SSSR count). The van der Waals surface area contributed by atoms with Gasteiger partial charge in [-0.05, 0) is 37.6 Å². The molecule has 20 heavy (non-hydrogen) atoms. The minimum atomic E-state index is -0.194. The molecule has 1 amide bonds. The first-order valence-corrected chi connectivity index (χ1v) is 6.67. The predicted octanol–water partition coefficient (Wildman–Crippen LogP) is 3.40. The van der Waals surface area contributed by atoms with Crippen LogP contribution in [-0.2, 0) is 4.74 Å². The highest BCUT2D eigenvalue weighted by molar-refractivity contribution is 5.92.